The minimum absolute atomic E-state index is 0.0819. The average molecular weight is 274 g/mol. The Morgan fingerprint density at radius 1 is 1.21 bits per heavy atom. The number of amides is 2. The molecule has 0 radical (unpaired) electrons. The minimum Gasteiger partial charge on any atom is -0.481 e. The van der Waals surface area contributed by atoms with Gasteiger partial charge in [0.15, 0.2) is 0 Å². The standard InChI is InChI=1S/C12H22N2O5/c1-8(2)14(7-10(15)19-5)12(18)13(4)6-9(3)11(16)17/h8-9H,6-7H2,1-5H3,(H,16,17). The molecule has 0 aromatic carbocycles. The van der Waals surface area contributed by atoms with E-state index >= 15 is 0 Å². The fraction of sp³-hybridized carbons (Fsp3) is 0.750. The highest BCUT2D eigenvalue weighted by Crippen LogP contribution is 2.06. The molecule has 0 aliphatic heterocycles. The van der Waals surface area contributed by atoms with E-state index in [9.17, 15) is 14.4 Å². The topological polar surface area (TPSA) is 87.2 Å². The van der Waals surface area contributed by atoms with Gasteiger partial charge >= 0.3 is 18.0 Å². The first-order chi connectivity index (χ1) is 8.70. The molecule has 0 spiro atoms. The smallest absolute Gasteiger partial charge is 0.325 e. The van der Waals surface area contributed by atoms with E-state index in [1.54, 1.807) is 13.8 Å². The van der Waals surface area contributed by atoms with Crippen LogP contribution in [0.3, 0.4) is 0 Å². The second kappa shape index (κ2) is 7.60. The SMILES string of the molecule is COC(=O)CN(C(=O)N(C)CC(C)C(=O)O)C(C)C. The van der Waals surface area contributed by atoms with Gasteiger partial charge in [0.1, 0.15) is 6.54 Å². The van der Waals surface area contributed by atoms with Gasteiger partial charge in [-0.2, -0.15) is 0 Å². The number of carbonyl (C=O) groups excluding carboxylic acids is 2. The highest BCUT2D eigenvalue weighted by molar-refractivity contribution is 5.81. The highest BCUT2D eigenvalue weighted by Gasteiger charge is 2.25. The number of hydrogen-bond donors (Lipinski definition) is 1. The predicted octanol–water partition coefficient (Wildman–Crippen LogP) is 0.642. The Hall–Kier alpha value is -1.79. The van der Waals surface area contributed by atoms with Crippen molar-refractivity contribution in [2.24, 2.45) is 5.92 Å². The number of hydrogen-bond acceptors (Lipinski definition) is 4. The first-order valence-corrected chi connectivity index (χ1v) is 6.02. The van der Waals surface area contributed by atoms with Crippen LogP contribution in [0, 0.1) is 5.92 Å². The van der Waals surface area contributed by atoms with Crippen LogP contribution in [0.1, 0.15) is 20.8 Å². The van der Waals surface area contributed by atoms with Crippen molar-refractivity contribution < 1.29 is 24.2 Å². The van der Waals surface area contributed by atoms with Gasteiger partial charge in [0.2, 0.25) is 0 Å². The van der Waals surface area contributed by atoms with Crippen LogP contribution in [0.25, 0.3) is 0 Å². The van der Waals surface area contributed by atoms with Crippen LogP contribution in [0.2, 0.25) is 0 Å². The van der Waals surface area contributed by atoms with Gasteiger partial charge in [-0.25, -0.2) is 4.79 Å². The fourth-order valence-corrected chi connectivity index (χ4v) is 1.46. The van der Waals surface area contributed by atoms with Crippen molar-refractivity contribution in [2.45, 2.75) is 26.8 Å². The number of carbonyl (C=O) groups is 3. The largest absolute Gasteiger partial charge is 0.481 e. The van der Waals surface area contributed by atoms with Crippen molar-refractivity contribution in [2.75, 3.05) is 27.2 Å². The Bertz CT molecular complexity index is 343. The first-order valence-electron chi connectivity index (χ1n) is 6.02. The molecule has 0 aliphatic rings. The molecule has 1 N–H and O–H groups in total. The van der Waals surface area contributed by atoms with Gasteiger partial charge in [-0.3, -0.25) is 9.59 Å². The number of aliphatic carboxylic acids is 1. The number of rotatable bonds is 6. The third kappa shape index (κ3) is 5.58. The normalized spacial score (nSPS) is 11.9. The van der Waals surface area contributed by atoms with E-state index in [4.69, 9.17) is 5.11 Å². The van der Waals surface area contributed by atoms with E-state index in [-0.39, 0.29) is 19.1 Å². The van der Waals surface area contributed by atoms with Crippen molar-refractivity contribution in [3.8, 4) is 0 Å². The summed E-state index contributed by atoms with van der Waals surface area (Å²) in [6, 6.07) is -0.581. The molecule has 1 atom stereocenters. The Kier molecular flexibility index (Phi) is 6.89. The molecule has 0 bridgehead atoms. The van der Waals surface area contributed by atoms with Crippen molar-refractivity contribution in [3.63, 3.8) is 0 Å². The van der Waals surface area contributed by atoms with Crippen LogP contribution in [0.5, 0.6) is 0 Å². The van der Waals surface area contributed by atoms with E-state index < -0.39 is 23.9 Å². The molecule has 7 heteroatoms. The molecule has 0 aromatic heterocycles. The van der Waals surface area contributed by atoms with Crippen LogP contribution in [-0.4, -0.2) is 66.2 Å². The van der Waals surface area contributed by atoms with Gasteiger partial charge < -0.3 is 19.6 Å². The number of methoxy groups -OCH3 is 1. The second-order valence-corrected chi connectivity index (χ2v) is 4.70. The van der Waals surface area contributed by atoms with Crippen LogP contribution in [0.15, 0.2) is 0 Å². The zero-order valence-electron chi connectivity index (χ0n) is 12.0. The summed E-state index contributed by atoms with van der Waals surface area (Å²) in [5, 5.41) is 8.82. The van der Waals surface area contributed by atoms with E-state index in [1.807, 2.05) is 0 Å². The number of urea groups is 1. The number of carboxylic acid groups (broad SMARTS) is 1. The lowest BCUT2D eigenvalue weighted by molar-refractivity contribution is -0.143. The zero-order chi connectivity index (χ0) is 15.2. The lowest BCUT2D eigenvalue weighted by Crippen LogP contribution is -2.48. The summed E-state index contributed by atoms with van der Waals surface area (Å²) in [5.74, 6) is -2.15. The lowest BCUT2D eigenvalue weighted by atomic mass is 10.2. The minimum atomic E-state index is -0.969. The first kappa shape index (κ1) is 17.2. The lowest BCUT2D eigenvalue weighted by Gasteiger charge is -2.31. The van der Waals surface area contributed by atoms with Crippen LogP contribution < -0.4 is 0 Å². The predicted molar refractivity (Wildman–Crippen MR) is 68.7 cm³/mol. The van der Waals surface area contributed by atoms with E-state index in [0.29, 0.717) is 0 Å². The molecule has 0 heterocycles. The molecule has 110 valence electrons. The fourth-order valence-electron chi connectivity index (χ4n) is 1.46. The Labute approximate surface area is 113 Å². The number of esters is 1. The highest BCUT2D eigenvalue weighted by atomic mass is 16.5. The monoisotopic (exact) mass is 274 g/mol. The molecule has 2 amide bonds. The molecule has 0 rings (SSSR count). The maximum absolute atomic E-state index is 12.1. The quantitative estimate of drug-likeness (QED) is 0.718. The summed E-state index contributed by atoms with van der Waals surface area (Å²) < 4.78 is 4.53. The van der Waals surface area contributed by atoms with Crippen molar-refractivity contribution >= 4 is 18.0 Å². The van der Waals surface area contributed by atoms with Gasteiger partial charge in [0.25, 0.3) is 0 Å². The Morgan fingerprint density at radius 3 is 2.11 bits per heavy atom. The molecule has 0 saturated heterocycles. The second-order valence-electron chi connectivity index (χ2n) is 4.70. The molecule has 7 nitrogen and oxygen atoms in total. The molecule has 0 aliphatic carbocycles. The summed E-state index contributed by atoms with van der Waals surface area (Å²) >= 11 is 0. The maximum Gasteiger partial charge on any atom is 0.325 e. The van der Waals surface area contributed by atoms with Crippen LogP contribution in [0.4, 0.5) is 4.79 Å². The summed E-state index contributed by atoms with van der Waals surface area (Å²) in [4.78, 5) is 36.8. The number of ether oxygens (including phenoxy) is 1. The number of nitrogens with zero attached hydrogens (tertiary/aromatic N) is 2. The molecular weight excluding hydrogens is 252 g/mol. The van der Waals surface area contributed by atoms with Gasteiger partial charge in [0.05, 0.1) is 13.0 Å². The van der Waals surface area contributed by atoms with Crippen molar-refractivity contribution in [1.82, 2.24) is 9.80 Å². The van der Waals surface area contributed by atoms with Gasteiger partial charge in [-0.15, -0.1) is 0 Å². The van der Waals surface area contributed by atoms with E-state index in [1.165, 1.54) is 30.9 Å². The molecule has 19 heavy (non-hydrogen) atoms. The van der Waals surface area contributed by atoms with E-state index in [2.05, 4.69) is 4.74 Å². The summed E-state index contributed by atoms with van der Waals surface area (Å²) in [7, 11) is 2.76. The van der Waals surface area contributed by atoms with Crippen LogP contribution in [-0.2, 0) is 14.3 Å². The van der Waals surface area contributed by atoms with Crippen molar-refractivity contribution in [1.29, 1.82) is 0 Å². The molecule has 0 saturated carbocycles. The van der Waals surface area contributed by atoms with Gasteiger partial charge in [-0.05, 0) is 13.8 Å². The summed E-state index contributed by atoms with van der Waals surface area (Å²) in [6.45, 7) is 4.99. The summed E-state index contributed by atoms with van der Waals surface area (Å²) in [5.41, 5.74) is 0. The molecule has 1 unspecified atom stereocenters. The molecule has 0 aromatic rings. The maximum atomic E-state index is 12.1. The Balaban J connectivity index is 4.71. The van der Waals surface area contributed by atoms with E-state index in [0.717, 1.165) is 0 Å². The number of carboxylic acids is 1. The molecule has 0 fully saturated rings. The molecular formula is C12H22N2O5. The zero-order valence-corrected chi connectivity index (χ0v) is 12.0. The van der Waals surface area contributed by atoms with Gasteiger partial charge in [-0.1, -0.05) is 6.92 Å². The van der Waals surface area contributed by atoms with Crippen molar-refractivity contribution in [3.05, 3.63) is 0 Å². The van der Waals surface area contributed by atoms with Gasteiger partial charge in [0, 0.05) is 19.6 Å². The Morgan fingerprint density at radius 2 is 1.74 bits per heavy atom. The van der Waals surface area contributed by atoms with Crippen LogP contribution >= 0.6 is 0 Å². The third-order valence-electron chi connectivity index (χ3n) is 2.69. The third-order valence-corrected chi connectivity index (χ3v) is 2.69. The average Bonchev–Trinajstić information content (AvgIpc) is 2.33. The summed E-state index contributed by atoms with van der Waals surface area (Å²) in [6.07, 6.45) is 0.